The smallest absolute Gasteiger partial charge is 0.253 e. The Bertz CT molecular complexity index is 1120. The molecular weight excluding hydrogens is 371 g/mol. The lowest BCUT2D eigenvalue weighted by Gasteiger charge is -2.05. The van der Waals surface area contributed by atoms with Crippen molar-refractivity contribution in [1.82, 2.24) is 20.1 Å². The number of rotatable bonds is 7. The Morgan fingerprint density at radius 1 is 1.17 bits per heavy atom. The largest absolute Gasteiger partial charge is 0.396 e. The van der Waals surface area contributed by atoms with Gasteiger partial charge in [-0.2, -0.15) is 5.10 Å². The van der Waals surface area contributed by atoms with Gasteiger partial charge in [-0.15, -0.1) is 0 Å². The first-order valence-corrected chi connectivity index (χ1v) is 9.41. The number of H-pyrrole nitrogens is 1. The third-order valence-electron chi connectivity index (χ3n) is 4.88. The van der Waals surface area contributed by atoms with E-state index in [0.717, 1.165) is 27.6 Å². The van der Waals surface area contributed by atoms with Crippen LogP contribution in [0.15, 0.2) is 61.1 Å². The summed E-state index contributed by atoms with van der Waals surface area (Å²) in [5.74, 6) is -0.501. The zero-order valence-corrected chi connectivity index (χ0v) is 15.7. The van der Waals surface area contributed by atoms with E-state index in [4.69, 9.17) is 0 Å². The summed E-state index contributed by atoms with van der Waals surface area (Å²) in [5, 5.41) is 19.8. The molecule has 2 aromatic heterocycles. The summed E-state index contributed by atoms with van der Waals surface area (Å²) in [6.07, 6.45) is 5.98. The molecule has 29 heavy (non-hydrogen) atoms. The van der Waals surface area contributed by atoms with Gasteiger partial charge in [0.2, 0.25) is 0 Å². The molecule has 0 atom stereocenters. The predicted molar refractivity (Wildman–Crippen MR) is 109 cm³/mol. The number of amides is 1. The van der Waals surface area contributed by atoms with Crippen molar-refractivity contribution in [3.8, 4) is 11.1 Å². The lowest BCUT2D eigenvalue weighted by Crippen LogP contribution is -2.22. The number of carbonyl (C=O) groups is 1. The Balaban J connectivity index is 1.64. The van der Waals surface area contributed by atoms with E-state index in [-0.39, 0.29) is 18.3 Å². The normalized spacial score (nSPS) is 11.1. The third-order valence-corrected chi connectivity index (χ3v) is 4.88. The summed E-state index contributed by atoms with van der Waals surface area (Å²) < 4.78 is 15.0. The van der Waals surface area contributed by atoms with Crippen LogP contribution in [-0.2, 0) is 13.1 Å². The van der Waals surface area contributed by atoms with E-state index in [1.165, 1.54) is 12.1 Å². The molecule has 4 rings (SSSR count). The van der Waals surface area contributed by atoms with Gasteiger partial charge in [-0.3, -0.25) is 9.89 Å². The molecule has 0 unspecified atom stereocenters. The van der Waals surface area contributed by atoms with Crippen LogP contribution < -0.4 is 5.32 Å². The number of aromatic amines is 1. The number of aliphatic hydroxyl groups excluding tert-OH is 1. The van der Waals surface area contributed by atoms with Crippen molar-refractivity contribution in [3.05, 3.63) is 78.0 Å². The summed E-state index contributed by atoms with van der Waals surface area (Å²) in [7, 11) is 0. The molecule has 0 saturated carbocycles. The molecule has 0 fully saturated rings. The minimum absolute atomic E-state index is 0.0766. The van der Waals surface area contributed by atoms with Gasteiger partial charge in [-0.25, -0.2) is 4.39 Å². The van der Waals surface area contributed by atoms with E-state index in [1.54, 1.807) is 18.3 Å². The number of nitrogens with one attached hydrogen (secondary N) is 2. The van der Waals surface area contributed by atoms with Crippen LogP contribution in [0.1, 0.15) is 22.3 Å². The van der Waals surface area contributed by atoms with E-state index < -0.39 is 0 Å². The van der Waals surface area contributed by atoms with Gasteiger partial charge in [0.25, 0.3) is 5.91 Å². The standard InChI is InChI=1S/C22H21FN4O2/c23-18-5-2-15(3-6-18)11-24-22(29)20-14-27(8-1-9-28)21-10-16(4-7-19(20)21)17-12-25-26-13-17/h2-7,10,12-14,28H,1,8-9,11H2,(H,24,29)(H,25,26). The number of hydrogen-bond acceptors (Lipinski definition) is 3. The van der Waals surface area contributed by atoms with Crippen molar-refractivity contribution in [1.29, 1.82) is 0 Å². The summed E-state index contributed by atoms with van der Waals surface area (Å²) in [6.45, 7) is 0.996. The van der Waals surface area contributed by atoms with Crippen molar-refractivity contribution in [3.63, 3.8) is 0 Å². The first-order chi connectivity index (χ1) is 14.2. The number of nitrogens with zero attached hydrogens (tertiary/aromatic N) is 2. The average Bonchev–Trinajstić information content (AvgIpc) is 3.39. The molecule has 4 aromatic rings. The Morgan fingerprint density at radius 2 is 2.00 bits per heavy atom. The van der Waals surface area contributed by atoms with Gasteiger partial charge in [0.1, 0.15) is 5.82 Å². The minimum atomic E-state index is -0.305. The van der Waals surface area contributed by atoms with Crippen LogP contribution in [-0.4, -0.2) is 32.4 Å². The fraction of sp³-hybridized carbons (Fsp3) is 0.182. The number of fused-ring (bicyclic) bond motifs is 1. The lowest BCUT2D eigenvalue weighted by molar-refractivity contribution is 0.0952. The van der Waals surface area contributed by atoms with Gasteiger partial charge in [-0.1, -0.05) is 24.3 Å². The molecule has 0 aliphatic heterocycles. The van der Waals surface area contributed by atoms with Crippen LogP contribution in [0.5, 0.6) is 0 Å². The lowest BCUT2D eigenvalue weighted by atomic mass is 10.1. The zero-order valence-electron chi connectivity index (χ0n) is 15.7. The van der Waals surface area contributed by atoms with Crippen LogP contribution in [0.3, 0.4) is 0 Å². The fourth-order valence-electron chi connectivity index (χ4n) is 3.37. The molecule has 3 N–H and O–H groups in total. The van der Waals surface area contributed by atoms with Gasteiger partial charge < -0.3 is 15.0 Å². The Labute approximate surface area is 167 Å². The number of aliphatic hydroxyl groups is 1. The quantitative estimate of drug-likeness (QED) is 0.450. The van der Waals surface area contributed by atoms with Crippen molar-refractivity contribution in [2.45, 2.75) is 19.5 Å². The second-order valence-electron chi connectivity index (χ2n) is 6.84. The Kier molecular flexibility index (Phi) is 5.39. The number of halogens is 1. The third kappa shape index (κ3) is 4.05. The zero-order chi connectivity index (χ0) is 20.2. The van der Waals surface area contributed by atoms with Crippen LogP contribution in [0.4, 0.5) is 4.39 Å². The van der Waals surface area contributed by atoms with Gasteiger partial charge in [0.15, 0.2) is 0 Å². The molecule has 2 heterocycles. The van der Waals surface area contributed by atoms with Gasteiger partial charge in [-0.05, 0) is 35.7 Å². The van der Waals surface area contributed by atoms with Crippen LogP contribution in [0, 0.1) is 5.82 Å². The van der Waals surface area contributed by atoms with Crippen LogP contribution in [0.2, 0.25) is 0 Å². The van der Waals surface area contributed by atoms with Gasteiger partial charge >= 0.3 is 0 Å². The van der Waals surface area contributed by atoms with Crippen LogP contribution in [0.25, 0.3) is 22.0 Å². The molecular formula is C22H21FN4O2. The predicted octanol–water partition coefficient (Wildman–Crippen LogP) is 3.48. The fourth-order valence-corrected chi connectivity index (χ4v) is 3.37. The first-order valence-electron chi connectivity index (χ1n) is 9.41. The molecule has 0 radical (unpaired) electrons. The van der Waals surface area contributed by atoms with E-state index >= 15 is 0 Å². The number of benzene rings is 2. The Hall–Kier alpha value is -3.45. The van der Waals surface area contributed by atoms with Crippen molar-refractivity contribution >= 4 is 16.8 Å². The topological polar surface area (TPSA) is 82.9 Å². The molecule has 1 amide bonds. The maximum absolute atomic E-state index is 13.1. The van der Waals surface area contributed by atoms with E-state index in [1.807, 2.05) is 35.2 Å². The van der Waals surface area contributed by atoms with Crippen molar-refractivity contribution in [2.75, 3.05) is 6.61 Å². The average molecular weight is 392 g/mol. The second kappa shape index (κ2) is 8.28. The highest BCUT2D eigenvalue weighted by Crippen LogP contribution is 2.28. The molecule has 0 aliphatic rings. The molecule has 0 aliphatic carbocycles. The minimum Gasteiger partial charge on any atom is -0.396 e. The molecule has 2 aromatic carbocycles. The second-order valence-corrected chi connectivity index (χ2v) is 6.84. The number of aryl methyl sites for hydroxylation is 1. The van der Waals surface area contributed by atoms with Crippen molar-refractivity contribution in [2.24, 2.45) is 0 Å². The summed E-state index contributed by atoms with van der Waals surface area (Å²) in [6, 6.07) is 12.0. The van der Waals surface area contributed by atoms with Gasteiger partial charge in [0, 0.05) is 48.6 Å². The SMILES string of the molecule is O=C(NCc1ccc(F)cc1)c1cn(CCCO)c2cc(-c3cn[nH]c3)ccc12. The number of aromatic nitrogens is 3. The summed E-state index contributed by atoms with van der Waals surface area (Å²) in [4.78, 5) is 12.8. The number of hydrogen-bond donors (Lipinski definition) is 3. The van der Waals surface area contributed by atoms with E-state index in [0.29, 0.717) is 25.1 Å². The van der Waals surface area contributed by atoms with Crippen molar-refractivity contribution < 1.29 is 14.3 Å². The molecule has 0 bridgehead atoms. The van der Waals surface area contributed by atoms with Gasteiger partial charge in [0.05, 0.1) is 11.8 Å². The molecule has 7 heteroatoms. The highest BCUT2D eigenvalue weighted by atomic mass is 19.1. The summed E-state index contributed by atoms with van der Waals surface area (Å²) in [5.41, 5.74) is 4.27. The van der Waals surface area contributed by atoms with E-state index in [2.05, 4.69) is 15.5 Å². The Morgan fingerprint density at radius 3 is 2.72 bits per heavy atom. The summed E-state index contributed by atoms with van der Waals surface area (Å²) >= 11 is 0. The van der Waals surface area contributed by atoms with E-state index in [9.17, 15) is 14.3 Å². The first kappa shape index (κ1) is 18.9. The highest BCUT2D eigenvalue weighted by Gasteiger charge is 2.16. The molecule has 148 valence electrons. The monoisotopic (exact) mass is 392 g/mol. The number of carbonyl (C=O) groups excluding carboxylic acids is 1. The molecule has 0 spiro atoms. The maximum atomic E-state index is 13.1. The van der Waals surface area contributed by atoms with Crippen LogP contribution >= 0.6 is 0 Å². The molecule has 0 saturated heterocycles. The molecule has 6 nitrogen and oxygen atoms in total. The maximum Gasteiger partial charge on any atom is 0.253 e. The highest BCUT2D eigenvalue weighted by molar-refractivity contribution is 6.07.